The van der Waals surface area contributed by atoms with Gasteiger partial charge in [-0.1, -0.05) is 13.8 Å². The van der Waals surface area contributed by atoms with Crippen LogP contribution >= 0.6 is 0 Å². The van der Waals surface area contributed by atoms with Crippen LogP contribution in [-0.2, 0) is 0 Å². The van der Waals surface area contributed by atoms with E-state index in [1.807, 2.05) is 0 Å². The Kier molecular flexibility index (Phi) is 0.438. The van der Waals surface area contributed by atoms with E-state index in [1.165, 1.54) is 6.42 Å². The molecule has 2 aliphatic carbocycles. The smallest absolute Gasteiger partial charge is 0.0696 e. The summed E-state index contributed by atoms with van der Waals surface area (Å²) in [4.78, 5) is 4.11. The van der Waals surface area contributed by atoms with E-state index in [9.17, 15) is 0 Å². The van der Waals surface area contributed by atoms with Crippen molar-refractivity contribution in [1.82, 2.24) is 0 Å². The Morgan fingerprint density at radius 2 is 2.25 bits per heavy atom. The summed E-state index contributed by atoms with van der Waals surface area (Å²) in [6.45, 7) is 8.14. The third kappa shape index (κ3) is 0.188. The summed E-state index contributed by atoms with van der Waals surface area (Å²) in [6.07, 6.45) is 1.30. The average Bonchev–Trinajstić information content (AvgIpc) is 2.51. The lowest BCUT2D eigenvalue weighted by Gasteiger charge is -1.98. The molecule has 0 amide bonds. The Hall–Kier alpha value is -0.330. The predicted octanol–water partition coefficient (Wildman–Crippen LogP) is 1.49. The zero-order valence-corrected chi connectivity index (χ0v) is 5.44. The molecule has 0 radical (unpaired) electrons. The standard InChI is InChI=1S/C7H11N/c1-5-6(2)4-7(5,6)8-3/h5H,3-4H2,1-2H3. The molecule has 0 aliphatic heterocycles. The fourth-order valence-electron chi connectivity index (χ4n) is 2.05. The Morgan fingerprint density at radius 3 is 2.25 bits per heavy atom. The molecular formula is C7H11N. The molecule has 1 heteroatoms. The van der Waals surface area contributed by atoms with Gasteiger partial charge in [-0.25, -0.2) is 0 Å². The molecule has 0 aromatic carbocycles. The van der Waals surface area contributed by atoms with E-state index in [2.05, 4.69) is 25.6 Å². The molecule has 0 heterocycles. The molecule has 2 aliphatic rings. The first-order valence-electron chi connectivity index (χ1n) is 3.15. The lowest BCUT2D eigenvalue weighted by Crippen LogP contribution is -1.96. The van der Waals surface area contributed by atoms with Crippen molar-refractivity contribution in [2.24, 2.45) is 16.3 Å². The van der Waals surface area contributed by atoms with Crippen molar-refractivity contribution in [3.63, 3.8) is 0 Å². The van der Waals surface area contributed by atoms with Crippen LogP contribution in [0.25, 0.3) is 0 Å². The van der Waals surface area contributed by atoms with Crippen LogP contribution in [0.2, 0.25) is 0 Å². The van der Waals surface area contributed by atoms with Gasteiger partial charge in [-0.2, -0.15) is 0 Å². The summed E-state index contributed by atoms with van der Waals surface area (Å²) in [5, 5.41) is 0. The van der Waals surface area contributed by atoms with Gasteiger partial charge in [-0.05, 0) is 19.1 Å². The molecule has 3 atom stereocenters. The van der Waals surface area contributed by atoms with Crippen LogP contribution in [0.5, 0.6) is 0 Å². The third-order valence-corrected chi connectivity index (χ3v) is 3.37. The second kappa shape index (κ2) is 0.772. The van der Waals surface area contributed by atoms with E-state index in [4.69, 9.17) is 0 Å². The van der Waals surface area contributed by atoms with Gasteiger partial charge in [0.05, 0.1) is 5.54 Å². The van der Waals surface area contributed by atoms with Gasteiger partial charge in [0, 0.05) is 5.41 Å². The van der Waals surface area contributed by atoms with E-state index in [-0.39, 0.29) is 0 Å². The number of fused-ring (bicyclic) bond motifs is 1. The number of rotatable bonds is 1. The zero-order valence-electron chi connectivity index (χ0n) is 5.44. The van der Waals surface area contributed by atoms with Gasteiger partial charge in [0.1, 0.15) is 0 Å². The SMILES string of the molecule is C=NC12CC1(C)C2C. The molecule has 3 unspecified atom stereocenters. The van der Waals surface area contributed by atoms with Gasteiger partial charge < -0.3 is 0 Å². The monoisotopic (exact) mass is 109 g/mol. The van der Waals surface area contributed by atoms with Crippen LogP contribution in [0, 0.1) is 11.3 Å². The molecule has 0 spiro atoms. The highest BCUT2D eigenvalue weighted by Gasteiger charge is 2.86. The van der Waals surface area contributed by atoms with Gasteiger partial charge in [0.15, 0.2) is 0 Å². The van der Waals surface area contributed by atoms with Gasteiger partial charge in [-0.3, -0.25) is 4.99 Å². The largest absolute Gasteiger partial charge is 0.293 e. The minimum atomic E-state index is 0.368. The van der Waals surface area contributed by atoms with Crippen LogP contribution in [0.4, 0.5) is 0 Å². The first-order chi connectivity index (χ1) is 3.67. The predicted molar refractivity (Wildman–Crippen MR) is 34.2 cm³/mol. The van der Waals surface area contributed by atoms with Crippen LogP contribution in [0.3, 0.4) is 0 Å². The topological polar surface area (TPSA) is 12.4 Å². The summed E-state index contributed by atoms with van der Waals surface area (Å²) < 4.78 is 0. The van der Waals surface area contributed by atoms with Gasteiger partial charge in [0.25, 0.3) is 0 Å². The highest BCUT2D eigenvalue weighted by atomic mass is 15.1. The number of hydrogen-bond donors (Lipinski definition) is 0. The van der Waals surface area contributed by atoms with Crippen molar-refractivity contribution in [2.45, 2.75) is 25.8 Å². The highest BCUT2D eigenvalue weighted by Crippen LogP contribution is 2.84. The lowest BCUT2D eigenvalue weighted by atomic mass is 10.1. The maximum absolute atomic E-state index is 4.11. The van der Waals surface area contributed by atoms with Crippen LogP contribution in [0.1, 0.15) is 20.3 Å². The molecule has 0 saturated heterocycles. The van der Waals surface area contributed by atoms with Crippen molar-refractivity contribution < 1.29 is 0 Å². The second-order valence-corrected chi connectivity index (χ2v) is 3.40. The minimum absolute atomic E-state index is 0.368. The Balaban J connectivity index is 2.28. The molecule has 2 fully saturated rings. The zero-order chi connectivity index (χ0) is 5.99. The molecule has 0 N–H and O–H groups in total. The summed E-state index contributed by atoms with van der Waals surface area (Å²) >= 11 is 0. The van der Waals surface area contributed by atoms with Gasteiger partial charge in [-0.15, -0.1) is 0 Å². The van der Waals surface area contributed by atoms with E-state index in [0.29, 0.717) is 11.0 Å². The van der Waals surface area contributed by atoms with Gasteiger partial charge in [0.2, 0.25) is 0 Å². The molecule has 0 bridgehead atoms. The first kappa shape index (κ1) is 4.54. The Labute approximate surface area is 49.8 Å². The number of hydrogen-bond acceptors (Lipinski definition) is 1. The Bertz CT molecular complexity index is 164. The summed E-state index contributed by atoms with van der Waals surface area (Å²) in [5.41, 5.74) is 0.960. The van der Waals surface area contributed by atoms with Crippen molar-refractivity contribution in [3.8, 4) is 0 Å². The molecule has 0 aromatic heterocycles. The third-order valence-electron chi connectivity index (χ3n) is 3.37. The minimum Gasteiger partial charge on any atom is -0.293 e. The molecule has 8 heavy (non-hydrogen) atoms. The lowest BCUT2D eigenvalue weighted by molar-refractivity contribution is 0.545. The molecule has 44 valence electrons. The second-order valence-electron chi connectivity index (χ2n) is 3.40. The van der Waals surface area contributed by atoms with Crippen molar-refractivity contribution >= 4 is 6.72 Å². The van der Waals surface area contributed by atoms with E-state index >= 15 is 0 Å². The fraction of sp³-hybridized carbons (Fsp3) is 0.857. The van der Waals surface area contributed by atoms with E-state index in [1.54, 1.807) is 0 Å². The summed E-state index contributed by atoms with van der Waals surface area (Å²) in [5.74, 6) is 0.826. The first-order valence-corrected chi connectivity index (χ1v) is 3.15. The average molecular weight is 109 g/mol. The number of aliphatic imine (C=N–C) groups is 1. The summed E-state index contributed by atoms with van der Waals surface area (Å²) in [7, 11) is 0. The molecule has 0 aromatic rings. The van der Waals surface area contributed by atoms with Gasteiger partial charge >= 0.3 is 0 Å². The van der Waals surface area contributed by atoms with Crippen molar-refractivity contribution in [1.29, 1.82) is 0 Å². The maximum Gasteiger partial charge on any atom is 0.0696 e. The van der Waals surface area contributed by atoms with Crippen LogP contribution in [0.15, 0.2) is 4.99 Å². The van der Waals surface area contributed by atoms with E-state index in [0.717, 1.165) is 5.92 Å². The van der Waals surface area contributed by atoms with Crippen molar-refractivity contribution in [2.75, 3.05) is 0 Å². The number of nitrogens with zero attached hydrogens (tertiary/aromatic N) is 1. The van der Waals surface area contributed by atoms with Crippen molar-refractivity contribution in [3.05, 3.63) is 0 Å². The van der Waals surface area contributed by atoms with Crippen LogP contribution in [-0.4, -0.2) is 12.3 Å². The molecular weight excluding hydrogens is 98.1 g/mol. The fourth-order valence-corrected chi connectivity index (χ4v) is 2.05. The molecule has 2 saturated carbocycles. The summed E-state index contributed by atoms with van der Waals surface area (Å²) in [6, 6.07) is 0. The normalized spacial score (nSPS) is 66.5. The molecule has 2 rings (SSSR count). The maximum atomic E-state index is 4.11. The quantitative estimate of drug-likeness (QED) is 0.452. The molecule has 1 nitrogen and oxygen atoms in total. The van der Waals surface area contributed by atoms with E-state index < -0.39 is 0 Å². The highest BCUT2D eigenvalue weighted by molar-refractivity contribution is 5.46. The Morgan fingerprint density at radius 1 is 1.75 bits per heavy atom. The van der Waals surface area contributed by atoms with Crippen LogP contribution < -0.4 is 0 Å².